The quantitative estimate of drug-likeness (QED) is 0.235. The van der Waals surface area contributed by atoms with E-state index < -0.39 is 0 Å². The van der Waals surface area contributed by atoms with E-state index in [1.54, 1.807) is 7.11 Å². The number of hydrogen-bond acceptors (Lipinski definition) is 3. The van der Waals surface area contributed by atoms with Crippen molar-refractivity contribution in [2.24, 2.45) is 0 Å². The van der Waals surface area contributed by atoms with Gasteiger partial charge in [0, 0.05) is 6.42 Å². The number of hydrogen-bond donors (Lipinski definition) is 0. The lowest BCUT2D eigenvalue weighted by molar-refractivity contribution is -0.148. The third-order valence-corrected chi connectivity index (χ3v) is 5.60. The molecule has 0 saturated heterocycles. The average molecular weight is 411 g/mol. The minimum Gasteiger partial charge on any atom is -0.497 e. The van der Waals surface area contributed by atoms with Gasteiger partial charge < -0.3 is 9.47 Å². The molecule has 2 aromatic carbocycles. The van der Waals surface area contributed by atoms with Crippen molar-refractivity contribution in [3.8, 4) is 16.9 Å². The third-order valence-electron chi connectivity index (χ3n) is 5.60. The van der Waals surface area contributed by atoms with Crippen LogP contribution in [0.1, 0.15) is 89.7 Å². The fraction of sp³-hybridized carbons (Fsp3) is 0.519. The molecular weight excluding hydrogens is 372 g/mol. The van der Waals surface area contributed by atoms with Crippen LogP contribution in [0.25, 0.3) is 11.1 Å². The van der Waals surface area contributed by atoms with Gasteiger partial charge in [0.05, 0.1) is 7.11 Å². The van der Waals surface area contributed by atoms with Crippen molar-refractivity contribution in [1.29, 1.82) is 0 Å². The van der Waals surface area contributed by atoms with Crippen molar-refractivity contribution < 1.29 is 14.3 Å². The lowest BCUT2D eigenvalue weighted by Crippen LogP contribution is -2.08. The van der Waals surface area contributed by atoms with Gasteiger partial charge >= 0.3 is 5.97 Å². The molecule has 0 aromatic heterocycles. The Balaban J connectivity index is 1.67. The minimum atomic E-state index is -0.221. The number of carbonyl (C=O) groups is 1. The fourth-order valence-corrected chi connectivity index (χ4v) is 3.63. The molecule has 0 fully saturated rings. The molecule has 3 nitrogen and oxygen atoms in total. The van der Waals surface area contributed by atoms with Crippen molar-refractivity contribution >= 4 is 5.97 Å². The van der Waals surface area contributed by atoms with E-state index in [4.69, 9.17) is 9.47 Å². The van der Waals surface area contributed by atoms with Crippen molar-refractivity contribution in [2.45, 2.75) is 84.2 Å². The van der Waals surface area contributed by atoms with E-state index in [0.717, 1.165) is 35.3 Å². The fourth-order valence-electron chi connectivity index (χ4n) is 3.63. The number of methoxy groups -OCH3 is 1. The third kappa shape index (κ3) is 8.61. The second kappa shape index (κ2) is 13.8. The normalized spacial score (nSPS) is 11.8. The van der Waals surface area contributed by atoms with Crippen LogP contribution in [0.2, 0.25) is 0 Å². The van der Waals surface area contributed by atoms with E-state index in [0.29, 0.717) is 6.42 Å². The second-order valence-electron chi connectivity index (χ2n) is 8.06. The second-order valence-corrected chi connectivity index (χ2v) is 8.06. The van der Waals surface area contributed by atoms with Gasteiger partial charge in [0.25, 0.3) is 0 Å². The maximum absolute atomic E-state index is 12.1. The van der Waals surface area contributed by atoms with Gasteiger partial charge in [-0.05, 0) is 42.2 Å². The summed E-state index contributed by atoms with van der Waals surface area (Å²) in [6, 6.07) is 16.2. The number of esters is 1. The van der Waals surface area contributed by atoms with Crippen LogP contribution >= 0.6 is 0 Å². The zero-order valence-corrected chi connectivity index (χ0v) is 19.0. The molecule has 0 aliphatic carbocycles. The molecule has 0 bridgehead atoms. The molecule has 164 valence electrons. The molecule has 2 rings (SSSR count). The van der Waals surface area contributed by atoms with Crippen molar-refractivity contribution in [2.75, 3.05) is 7.11 Å². The first-order valence-electron chi connectivity index (χ1n) is 11.6. The Morgan fingerprint density at radius 3 is 1.80 bits per heavy atom. The largest absolute Gasteiger partial charge is 0.497 e. The predicted molar refractivity (Wildman–Crippen MR) is 125 cm³/mol. The zero-order valence-electron chi connectivity index (χ0n) is 19.0. The van der Waals surface area contributed by atoms with E-state index in [-0.39, 0.29) is 12.1 Å². The van der Waals surface area contributed by atoms with Crippen LogP contribution in [0, 0.1) is 0 Å². The van der Waals surface area contributed by atoms with Crippen LogP contribution in [0.5, 0.6) is 5.75 Å². The summed E-state index contributed by atoms with van der Waals surface area (Å²) in [6.45, 7) is 4.19. The predicted octanol–water partition coefficient (Wildman–Crippen LogP) is 7.89. The molecule has 0 spiro atoms. The summed E-state index contributed by atoms with van der Waals surface area (Å²) < 4.78 is 10.8. The van der Waals surface area contributed by atoms with Gasteiger partial charge in [-0.25, -0.2) is 0 Å². The Morgan fingerprint density at radius 1 is 0.767 bits per heavy atom. The molecule has 0 amide bonds. The highest BCUT2D eigenvalue weighted by Crippen LogP contribution is 2.25. The topological polar surface area (TPSA) is 35.5 Å². The Morgan fingerprint density at radius 2 is 1.27 bits per heavy atom. The highest BCUT2D eigenvalue weighted by atomic mass is 16.5. The Labute approximate surface area is 182 Å². The zero-order chi connectivity index (χ0) is 21.6. The van der Waals surface area contributed by atoms with E-state index in [9.17, 15) is 4.79 Å². The van der Waals surface area contributed by atoms with Crippen LogP contribution < -0.4 is 4.74 Å². The maximum Gasteiger partial charge on any atom is 0.306 e. The standard InChI is InChI=1S/C27H38O3/c1-4-5-6-7-8-9-10-11-12-13-27(28)30-22(2)23-14-16-24(17-15-23)25-18-20-26(29-3)21-19-25/h14-22H,4-13H2,1-3H3. The summed E-state index contributed by atoms with van der Waals surface area (Å²) in [7, 11) is 1.67. The molecule has 1 unspecified atom stereocenters. The average Bonchev–Trinajstić information content (AvgIpc) is 2.78. The highest BCUT2D eigenvalue weighted by molar-refractivity contribution is 5.69. The molecule has 3 heteroatoms. The summed E-state index contributed by atoms with van der Waals surface area (Å²) in [4.78, 5) is 12.1. The van der Waals surface area contributed by atoms with Crippen LogP contribution in [-0.2, 0) is 9.53 Å². The summed E-state index contributed by atoms with van der Waals surface area (Å²) in [5.74, 6) is 0.757. The van der Waals surface area contributed by atoms with Gasteiger partial charge in [-0.3, -0.25) is 4.79 Å². The van der Waals surface area contributed by atoms with Crippen molar-refractivity contribution in [3.05, 3.63) is 54.1 Å². The molecule has 30 heavy (non-hydrogen) atoms. The lowest BCUT2D eigenvalue weighted by atomic mass is 10.0. The first-order chi connectivity index (χ1) is 14.6. The number of unbranched alkanes of at least 4 members (excludes halogenated alkanes) is 8. The molecule has 0 saturated carbocycles. The molecule has 0 radical (unpaired) electrons. The smallest absolute Gasteiger partial charge is 0.306 e. The van der Waals surface area contributed by atoms with E-state index >= 15 is 0 Å². The SMILES string of the molecule is CCCCCCCCCCCC(=O)OC(C)c1ccc(-c2ccc(OC)cc2)cc1. The molecule has 0 aliphatic heterocycles. The number of carbonyl (C=O) groups excluding carboxylic acids is 1. The Hall–Kier alpha value is -2.29. The minimum absolute atomic E-state index is 0.0929. The lowest BCUT2D eigenvalue weighted by Gasteiger charge is -2.14. The Bertz CT molecular complexity index is 719. The summed E-state index contributed by atoms with van der Waals surface area (Å²) in [6.07, 6.45) is 11.6. The number of benzene rings is 2. The molecule has 0 heterocycles. The van der Waals surface area contributed by atoms with Crippen molar-refractivity contribution in [1.82, 2.24) is 0 Å². The summed E-state index contributed by atoms with van der Waals surface area (Å²) in [5, 5.41) is 0. The molecule has 0 N–H and O–H groups in total. The monoisotopic (exact) mass is 410 g/mol. The number of rotatable bonds is 14. The van der Waals surface area contributed by atoms with Crippen LogP contribution in [0.4, 0.5) is 0 Å². The van der Waals surface area contributed by atoms with Crippen LogP contribution in [0.15, 0.2) is 48.5 Å². The number of ether oxygens (including phenoxy) is 2. The highest BCUT2D eigenvalue weighted by Gasteiger charge is 2.12. The van der Waals surface area contributed by atoms with Gasteiger partial charge in [0.2, 0.25) is 0 Å². The summed E-state index contributed by atoms with van der Waals surface area (Å²) >= 11 is 0. The maximum atomic E-state index is 12.1. The Kier molecular flexibility index (Phi) is 11.1. The van der Waals surface area contributed by atoms with Gasteiger partial charge in [-0.15, -0.1) is 0 Å². The van der Waals surface area contributed by atoms with Crippen molar-refractivity contribution in [3.63, 3.8) is 0 Å². The molecule has 0 aliphatic rings. The molecule has 2 aromatic rings. The van der Waals surface area contributed by atoms with Gasteiger partial charge in [-0.1, -0.05) is 94.7 Å². The van der Waals surface area contributed by atoms with E-state index in [1.807, 2.05) is 43.3 Å². The molecular formula is C27H38O3. The van der Waals surface area contributed by atoms with Gasteiger partial charge in [0.1, 0.15) is 11.9 Å². The van der Waals surface area contributed by atoms with Gasteiger partial charge in [-0.2, -0.15) is 0 Å². The van der Waals surface area contributed by atoms with Gasteiger partial charge in [0.15, 0.2) is 0 Å². The first-order valence-corrected chi connectivity index (χ1v) is 11.6. The van der Waals surface area contributed by atoms with Crippen LogP contribution in [-0.4, -0.2) is 13.1 Å². The van der Waals surface area contributed by atoms with Crippen LogP contribution in [0.3, 0.4) is 0 Å². The first kappa shape index (κ1) is 24.0. The summed E-state index contributed by atoms with van der Waals surface area (Å²) in [5.41, 5.74) is 3.29. The van der Waals surface area contributed by atoms with E-state index in [2.05, 4.69) is 19.1 Å². The van der Waals surface area contributed by atoms with E-state index in [1.165, 1.54) is 44.9 Å². The molecule has 1 atom stereocenters.